The van der Waals surface area contributed by atoms with Crippen molar-refractivity contribution in [2.45, 2.75) is 13.5 Å². The fourth-order valence-corrected chi connectivity index (χ4v) is 2.89. The van der Waals surface area contributed by atoms with Gasteiger partial charge in [0.15, 0.2) is 11.5 Å². The summed E-state index contributed by atoms with van der Waals surface area (Å²) in [5, 5.41) is 6.01. The molecule has 2 heterocycles. The number of carbonyl (C=O) groups is 1. The van der Waals surface area contributed by atoms with Crippen molar-refractivity contribution in [3.8, 4) is 11.5 Å². The van der Waals surface area contributed by atoms with Gasteiger partial charge in [0.2, 0.25) is 0 Å². The Morgan fingerprint density at radius 3 is 2.78 bits per heavy atom. The molecular formula is C20H19N3O3S. The van der Waals surface area contributed by atoms with Crippen LogP contribution in [0.2, 0.25) is 0 Å². The average Bonchev–Trinajstić information content (AvgIpc) is 3.22. The molecule has 0 atom stereocenters. The molecular weight excluding hydrogens is 362 g/mol. The van der Waals surface area contributed by atoms with E-state index in [0.29, 0.717) is 30.3 Å². The quantitative estimate of drug-likeness (QED) is 0.475. The zero-order valence-electron chi connectivity index (χ0n) is 14.8. The van der Waals surface area contributed by atoms with Crippen molar-refractivity contribution in [1.82, 2.24) is 10.4 Å². The van der Waals surface area contributed by atoms with E-state index < -0.39 is 0 Å². The van der Waals surface area contributed by atoms with E-state index >= 15 is 0 Å². The first kappa shape index (κ1) is 18.6. The van der Waals surface area contributed by atoms with Crippen molar-refractivity contribution >= 4 is 23.5 Å². The molecule has 7 heteroatoms. The number of benzene rings is 1. The van der Waals surface area contributed by atoms with Crippen LogP contribution >= 0.6 is 11.3 Å². The molecule has 0 aliphatic heterocycles. The van der Waals surface area contributed by atoms with E-state index in [2.05, 4.69) is 15.5 Å². The minimum absolute atomic E-state index is 0.297. The molecule has 0 aliphatic carbocycles. The molecule has 0 spiro atoms. The van der Waals surface area contributed by atoms with Crippen molar-refractivity contribution in [1.29, 1.82) is 0 Å². The van der Waals surface area contributed by atoms with Crippen LogP contribution < -0.4 is 14.9 Å². The molecule has 0 saturated heterocycles. The van der Waals surface area contributed by atoms with Gasteiger partial charge < -0.3 is 9.47 Å². The Bertz CT molecular complexity index is 896. The summed E-state index contributed by atoms with van der Waals surface area (Å²) in [7, 11) is 0. The molecule has 0 radical (unpaired) electrons. The first-order valence-corrected chi connectivity index (χ1v) is 9.29. The van der Waals surface area contributed by atoms with E-state index in [-0.39, 0.29) is 5.91 Å². The number of hydrazone groups is 1. The molecule has 3 rings (SSSR count). The van der Waals surface area contributed by atoms with E-state index in [0.717, 1.165) is 10.4 Å². The smallest absolute Gasteiger partial charge is 0.271 e. The number of nitrogens with one attached hydrogen (secondary N) is 1. The Kier molecular flexibility index (Phi) is 6.54. The van der Waals surface area contributed by atoms with Crippen LogP contribution in [-0.4, -0.2) is 23.7 Å². The second kappa shape index (κ2) is 9.49. The Labute approximate surface area is 161 Å². The summed E-state index contributed by atoms with van der Waals surface area (Å²) in [6, 6.07) is 12.8. The Morgan fingerprint density at radius 2 is 2.04 bits per heavy atom. The van der Waals surface area contributed by atoms with Gasteiger partial charge >= 0.3 is 0 Å². The summed E-state index contributed by atoms with van der Waals surface area (Å²) in [6.45, 7) is 2.93. The molecule has 1 N–H and O–H groups in total. The zero-order chi connectivity index (χ0) is 18.9. The van der Waals surface area contributed by atoms with E-state index in [4.69, 9.17) is 9.47 Å². The van der Waals surface area contributed by atoms with Gasteiger partial charge in [0, 0.05) is 22.8 Å². The molecule has 0 unspecified atom stereocenters. The second-order valence-corrected chi connectivity index (χ2v) is 6.47. The topological polar surface area (TPSA) is 72.8 Å². The molecule has 6 nitrogen and oxygen atoms in total. The van der Waals surface area contributed by atoms with Crippen LogP contribution in [0.1, 0.15) is 27.7 Å². The number of rotatable bonds is 8. The minimum Gasteiger partial charge on any atom is -0.490 e. The third kappa shape index (κ3) is 5.39. The van der Waals surface area contributed by atoms with E-state index in [1.807, 2.05) is 42.6 Å². The highest BCUT2D eigenvalue weighted by Gasteiger charge is 2.07. The molecule has 3 aromatic rings. The van der Waals surface area contributed by atoms with Crippen molar-refractivity contribution in [2.75, 3.05) is 6.61 Å². The first-order valence-electron chi connectivity index (χ1n) is 8.41. The van der Waals surface area contributed by atoms with Crippen LogP contribution in [0.3, 0.4) is 0 Å². The molecule has 1 aromatic carbocycles. The number of amides is 1. The molecule has 27 heavy (non-hydrogen) atoms. The summed E-state index contributed by atoms with van der Waals surface area (Å²) >= 11 is 1.65. The number of ether oxygens (including phenoxy) is 2. The second-order valence-electron chi connectivity index (χ2n) is 5.44. The van der Waals surface area contributed by atoms with Gasteiger partial charge in [-0.05, 0) is 54.3 Å². The molecule has 0 bridgehead atoms. The van der Waals surface area contributed by atoms with Crippen LogP contribution in [0.25, 0.3) is 0 Å². The number of pyridine rings is 1. The van der Waals surface area contributed by atoms with Gasteiger partial charge in [-0.3, -0.25) is 9.78 Å². The number of nitrogens with zero attached hydrogens (tertiary/aromatic N) is 2. The lowest BCUT2D eigenvalue weighted by Gasteiger charge is -2.12. The third-order valence-corrected chi connectivity index (χ3v) is 4.39. The van der Waals surface area contributed by atoms with E-state index in [1.165, 1.54) is 0 Å². The molecule has 138 valence electrons. The van der Waals surface area contributed by atoms with Gasteiger partial charge in [-0.25, -0.2) is 5.43 Å². The van der Waals surface area contributed by atoms with Crippen molar-refractivity contribution in [2.24, 2.45) is 5.10 Å². The lowest BCUT2D eigenvalue weighted by Crippen LogP contribution is -2.17. The predicted octanol–water partition coefficient (Wildman–Crippen LogP) is 3.88. The standard InChI is InChI=1S/C20H19N3O3S/c1-2-25-19-12-15(5-6-18(19)26-14-17-4-3-11-27-17)13-22-23-20(24)16-7-9-21-10-8-16/h3-13H,2,14H2,1H3,(H,23,24)/b22-13-. The summed E-state index contributed by atoms with van der Waals surface area (Å²) in [5.41, 5.74) is 3.77. The van der Waals surface area contributed by atoms with Crippen LogP contribution in [0, 0.1) is 0 Å². The molecule has 0 saturated carbocycles. The van der Waals surface area contributed by atoms with Gasteiger partial charge in [-0.1, -0.05) is 6.07 Å². The lowest BCUT2D eigenvalue weighted by molar-refractivity contribution is 0.0955. The van der Waals surface area contributed by atoms with E-state index in [9.17, 15) is 4.79 Å². The monoisotopic (exact) mass is 381 g/mol. The summed E-state index contributed by atoms with van der Waals surface area (Å²) in [5.74, 6) is 1.01. The Morgan fingerprint density at radius 1 is 1.19 bits per heavy atom. The van der Waals surface area contributed by atoms with E-state index in [1.54, 1.807) is 42.1 Å². The maximum Gasteiger partial charge on any atom is 0.271 e. The fourth-order valence-electron chi connectivity index (χ4n) is 2.27. The number of carbonyl (C=O) groups excluding carboxylic acids is 1. The highest BCUT2D eigenvalue weighted by molar-refractivity contribution is 7.09. The SMILES string of the molecule is CCOc1cc(/C=N\NC(=O)c2ccncc2)ccc1OCc1cccs1. The van der Waals surface area contributed by atoms with Crippen LogP contribution in [-0.2, 0) is 6.61 Å². The van der Waals surface area contributed by atoms with Gasteiger partial charge in [-0.2, -0.15) is 5.10 Å². The first-order chi connectivity index (χ1) is 13.3. The fraction of sp³-hybridized carbons (Fsp3) is 0.150. The third-order valence-electron chi connectivity index (χ3n) is 3.54. The maximum atomic E-state index is 12.0. The number of thiophene rings is 1. The zero-order valence-corrected chi connectivity index (χ0v) is 15.6. The lowest BCUT2D eigenvalue weighted by atomic mass is 10.2. The van der Waals surface area contributed by atoms with Crippen LogP contribution in [0.4, 0.5) is 0 Å². The number of aromatic nitrogens is 1. The Hall–Kier alpha value is -3.19. The number of hydrogen-bond acceptors (Lipinski definition) is 6. The van der Waals surface area contributed by atoms with Gasteiger partial charge in [-0.15, -0.1) is 11.3 Å². The highest BCUT2D eigenvalue weighted by Crippen LogP contribution is 2.29. The van der Waals surface area contributed by atoms with Crippen molar-refractivity contribution in [3.63, 3.8) is 0 Å². The molecule has 2 aromatic heterocycles. The van der Waals surface area contributed by atoms with Crippen LogP contribution in [0.5, 0.6) is 11.5 Å². The molecule has 0 fully saturated rings. The molecule has 0 aliphatic rings. The maximum absolute atomic E-state index is 12.0. The Balaban J connectivity index is 1.64. The summed E-state index contributed by atoms with van der Waals surface area (Å²) < 4.78 is 11.5. The predicted molar refractivity (Wildman–Crippen MR) is 106 cm³/mol. The van der Waals surface area contributed by atoms with Crippen molar-refractivity contribution in [3.05, 3.63) is 76.2 Å². The van der Waals surface area contributed by atoms with Gasteiger partial charge in [0.05, 0.1) is 12.8 Å². The average molecular weight is 381 g/mol. The minimum atomic E-state index is -0.297. The highest BCUT2D eigenvalue weighted by atomic mass is 32.1. The molecule has 1 amide bonds. The van der Waals surface area contributed by atoms with Crippen LogP contribution in [0.15, 0.2) is 65.3 Å². The summed E-state index contributed by atoms with van der Waals surface area (Å²) in [6.07, 6.45) is 4.68. The largest absolute Gasteiger partial charge is 0.490 e. The van der Waals surface area contributed by atoms with Crippen molar-refractivity contribution < 1.29 is 14.3 Å². The normalized spacial score (nSPS) is 10.7. The summed E-state index contributed by atoms with van der Waals surface area (Å²) in [4.78, 5) is 17.0. The number of hydrogen-bond donors (Lipinski definition) is 1. The van der Waals surface area contributed by atoms with Gasteiger partial charge in [0.25, 0.3) is 5.91 Å². The van der Waals surface area contributed by atoms with Gasteiger partial charge in [0.1, 0.15) is 6.61 Å².